The molecule has 1 aliphatic rings. The highest BCUT2D eigenvalue weighted by Crippen LogP contribution is 2.26. The van der Waals surface area contributed by atoms with Crippen LogP contribution in [-0.4, -0.2) is 43.1 Å². The minimum absolute atomic E-state index is 0.0370. The van der Waals surface area contributed by atoms with Crippen molar-refractivity contribution in [3.05, 3.63) is 58.1 Å². The van der Waals surface area contributed by atoms with Crippen molar-refractivity contribution in [1.29, 1.82) is 0 Å². The van der Waals surface area contributed by atoms with E-state index in [4.69, 9.17) is 27.9 Å². The maximum atomic E-state index is 12.9. The van der Waals surface area contributed by atoms with E-state index in [9.17, 15) is 4.79 Å². The lowest BCUT2D eigenvalue weighted by atomic mass is 10.1. The Morgan fingerprint density at radius 3 is 2.30 bits per heavy atom. The second kappa shape index (κ2) is 8.85. The third-order valence-corrected chi connectivity index (χ3v) is 5.33. The molecule has 2 aromatic carbocycles. The predicted molar refractivity (Wildman–Crippen MR) is 111 cm³/mol. The van der Waals surface area contributed by atoms with Crippen molar-refractivity contribution < 1.29 is 9.53 Å². The van der Waals surface area contributed by atoms with Gasteiger partial charge in [-0.2, -0.15) is 0 Å². The number of benzene rings is 2. The zero-order chi connectivity index (χ0) is 19.4. The van der Waals surface area contributed by atoms with E-state index in [1.54, 1.807) is 24.3 Å². The molecule has 4 nitrogen and oxygen atoms in total. The van der Waals surface area contributed by atoms with E-state index in [0.29, 0.717) is 30.3 Å². The highest BCUT2D eigenvalue weighted by molar-refractivity contribution is 6.31. The van der Waals surface area contributed by atoms with Gasteiger partial charge < -0.3 is 14.5 Å². The molecule has 6 heteroatoms. The molecule has 1 saturated heterocycles. The van der Waals surface area contributed by atoms with Gasteiger partial charge in [0, 0.05) is 41.9 Å². The van der Waals surface area contributed by atoms with Crippen LogP contribution in [-0.2, 0) is 4.79 Å². The fraction of sp³-hybridized carbons (Fsp3) is 0.381. The van der Waals surface area contributed by atoms with Gasteiger partial charge in [-0.3, -0.25) is 4.79 Å². The minimum Gasteiger partial charge on any atom is -0.481 e. The van der Waals surface area contributed by atoms with E-state index in [2.05, 4.69) is 11.8 Å². The Kier molecular flexibility index (Phi) is 6.51. The minimum atomic E-state index is -0.481. The number of nitrogens with zero attached hydrogens (tertiary/aromatic N) is 2. The second-order valence-electron chi connectivity index (χ2n) is 6.71. The molecule has 2 aromatic rings. The summed E-state index contributed by atoms with van der Waals surface area (Å²) in [6.07, 6.45) is 0.139. The molecule has 144 valence electrons. The van der Waals surface area contributed by atoms with Crippen LogP contribution in [0.15, 0.2) is 42.5 Å². The second-order valence-corrected chi connectivity index (χ2v) is 7.58. The number of rotatable bonds is 5. The molecule has 0 saturated carbocycles. The monoisotopic (exact) mass is 406 g/mol. The Bertz CT molecular complexity index is 787. The number of anilines is 1. The number of amides is 1. The van der Waals surface area contributed by atoms with Gasteiger partial charge >= 0.3 is 0 Å². The highest BCUT2D eigenvalue weighted by Gasteiger charge is 2.28. The lowest BCUT2D eigenvalue weighted by Gasteiger charge is -2.38. The highest BCUT2D eigenvalue weighted by atomic mass is 35.5. The summed E-state index contributed by atoms with van der Waals surface area (Å²) in [5.41, 5.74) is 2.33. The zero-order valence-corrected chi connectivity index (χ0v) is 17.1. The molecule has 0 N–H and O–H groups in total. The predicted octanol–water partition coefficient (Wildman–Crippen LogP) is 4.81. The van der Waals surface area contributed by atoms with Crippen LogP contribution in [0.4, 0.5) is 5.69 Å². The first-order valence-electron chi connectivity index (χ1n) is 9.20. The summed E-state index contributed by atoms with van der Waals surface area (Å²) in [6, 6.07) is 13.0. The maximum Gasteiger partial charge on any atom is 0.263 e. The normalized spacial score (nSPS) is 15.6. The summed E-state index contributed by atoms with van der Waals surface area (Å²) >= 11 is 12.1. The Hall–Kier alpha value is -1.91. The van der Waals surface area contributed by atoms with Crippen LogP contribution in [0.25, 0.3) is 0 Å². The molecule has 1 atom stereocenters. The van der Waals surface area contributed by atoms with E-state index in [1.165, 1.54) is 5.56 Å². The molecule has 0 aliphatic carbocycles. The molecule has 27 heavy (non-hydrogen) atoms. The average Bonchev–Trinajstić information content (AvgIpc) is 2.69. The fourth-order valence-corrected chi connectivity index (χ4v) is 3.57. The van der Waals surface area contributed by atoms with Crippen LogP contribution in [0.5, 0.6) is 5.75 Å². The van der Waals surface area contributed by atoms with Crippen molar-refractivity contribution in [3.8, 4) is 5.75 Å². The Morgan fingerprint density at radius 2 is 1.67 bits per heavy atom. The summed E-state index contributed by atoms with van der Waals surface area (Å²) < 4.78 is 5.90. The summed E-state index contributed by atoms with van der Waals surface area (Å²) in [6.45, 7) is 6.95. The Balaban J connectivity index is 1.61. The van der Waals surface area contributed by atoms with Crippen molar-refractivity contribution in [2.45, 2.75) is 26.4 Å². The smallest absolute Gasteiger partial charge is 0.263 e. The van der Waals surface area contributed by atoms with Crippen molar-refractivity contribution >= 4 is 34.8 Å². The van der Waals surface area contributed by atoms with Crippen LogP contribution >= 0.6 is 23.2 Å². The van der Waals surface area contributed by atoms with Gasteiger partial charge in [0.15, 0.2) is 6.10 Å². The third kappa shape index (κ3) is 4.88. The summed E-state index contributed by atoms with van der Waals surface area (Å²) in [7, 11) is 0. The molecule has 1 heterocycles. The number of ether oxygens (including phenoxy) is 1. The summed E-state index contributed by atoms with van der Waals surface area (Å²) in [4.78, 5) is 17.1. The molecule has 3 rings (SSSR count). The average molecular weight is 407 g/mol. The van der Waals surface area contributed by atoms with Crippen LogP contribution in [0.3, 0.4) is 0 Å². The van der Waals surface area contributed by atoms with E-state index in [-0.39, 0.29) is 5.91 Å². The molecule has 1 amide bonds. The summed E-state index contributed by atoms with van der Waals surface area (Å²) in [5, 5.41) is 1.38. The van der Waals surface area contributed by atoms with Crippen LogP contribution in [0.2, 0.25) is 10.0 Å². The lowest BCUT2D eigenvalue weighted by Crippen LogP contribution is -2.52. The lowest BCUT2D eigenvalue weighted by molar-refractivity contribution is -0.139. The SMILES string of the molecule is CC[C@H](Oc1ccc(Cl)cc1)C(=O)N1CCN(c2cc(Cl)ccc2C)CC1. The number of carbonyl (C=O) groups is 1. The number of carbonyl (C=O) groups excluding carboxylic acids is 1. The molecule has 0 aromatic heterocycles. The topological polar surface area (TPSA) is 32.8 Å². The first-order chi connectivity index (χ1) is 13.0. The van der Waals surface area contributed by atoms with Crippen molar-refractivity contribution in [2.24, 2.45) is 0 Å². The molecule has 1 fully saturated rings. The van der Waals surface area contributed by atoms with E-state index < -0.39 is 6.10 Å². The maximum absolute atomic E-state index is 12.9. The number of halogens is 2. The number of piperazine rings is 1. The van der Waals surface area contributed by atoms with Gasteiger partial charge in [0.25, 0.3) is 5.91 Å². The quantitative estimate of drug-likeness (QED) is 0.713. The standard InChI is InChI=1S/C21H24Cl2N2O2/c1-3-20(27-18-8-6-16(22)7-9-18)21(26)25-12-10-24(11-13-25)19-14-17(23)5-4-15(19)2/h4-9,14,20H,3,10-13H2,1-2H3/t20-/m0/s1. The third-order valence-electron chi connectivity index (χ3n) is 4.84. The van der Waals surface area contributed by atoms with Gasteiger partial charge in [-0.25, -0.2) is 0 Å². The van der Waals surface area contributed by atoms with Crippen molar-refractivity contribution in [2.75, 3.05) is 31.1 Å². The molecule has 1 aliphatic heterocycles. The first kappa shape index (κ1) is 19.8. The van der Waals surface area contributed by atoms with Crippen molar-refractivity contribution in [3.63, 3.8) is 0 Å². The van der Waals surface area contributed by atoms with Gasteiger partial charge in [0.2, 0.25) is 0 Å². The van der Waals surface area contributed by atoms with Crippen LogP contribution < -0.4 is 9.64 Å². The molecular formula is C21H24Cl2N2O2. The van der Waals surface area contributed by atoms with Crippen molar-refractivity contribution in [1.82, 2.24) is 4.90 Å². The van der Waals surface area contributed by atoms with Gasteiger partial charge in [-0.15, -0.1) is 0 Å². The first-order valence-corrected chi connectivity index (χ1v) is 9.95. The molecular weight excluding hydrogens is 383 g/mol. The van der Waals surface area contributed by atoms with Crippen LogP contribution in [0.1, 0.15) is 18.9 Å². The van der Waals surface area contributed by atoms with Gasteiger partial charge in [0.05, 0.1) is 0 Å². The summed E-state index contributed by atoms with van der Waals surface area (Å²) in [5.74, 6) is 0.697. The van der Waals surface area contributed by atoms with Gasteiger partial charge in [0.1, 0.15) is 5.75 Å². The number of hydrogen-bond donors (Lipinski definition) is 0. The van der Waals surface area contributed by atoms with Gasteiger partial charge in [-0.05, 0) is 55.3 Å². The Morgan fingerprint density at radius 1 is 1.04 bits per heavy atom. The van der Waals surface area contributed by atoms with Gasteiger partial charge in [-0.1, -0.05) is 36.2 Å². The fourth-order valence-electron chi connectivity index (χ4n) is 3.28. The number of hydrogen-bond acceptors (Lipinski definition) is 3. The van der Waals surface area contributed by atoms with E-state index in [0.717, 1.165) is 23.8 Å². The molecule has 0 spiro atoms. The largest absolute Gasteiger partial charge is 0.481 e. The molecule has 0 radical (unpaired) electrons. The Labute approximate surface area is 170 Å². The number of aryl methyl sites for hydroxylation is 1. The van der Waals surface area contributed by atoms with Crippen LogP contribution in [0, 0.1) is 6.92 Å². The molecule has 0 unspecified atom stereocenters. The molecule has 0 bridgehead atoms. The van der Waals surface area contributed by atoms with E-state index in [1.807, 2.05) is 30.0 Å². The van der Waals surface area contributed by atoms with E-state index >= 15 is 0 Å². The zero-order valence-electron chi connectivity index (χ0n) is 15.6.